The minimum atomic E-state index is 0.779. The van der Waals surface area contributed by atoms with E-state index in [0.29, 0.717) is 0 Å². The van der Waals surface area contributed by atoms with Crippen molar-refractivity contribution in [3.8, 4) is 0 Å². The molecule has 2 aliphatic heterocycles. The Labute approximate surface area is 94.6 Å². The average Bonchev–Trinajstić information content (AvgIpc) is 2.71. The maximum atomic E-state index is 3.30. The summed E-state index contributed by atoms with van der Waals surface area (Å²) in [5.41, 5.74) is 0. The molecule has 2 fully saturated rings. The van der Waals surface area contributed by atoms with Crippen LogP contribution in [0.4, 0.5) is 0 Å². The summed E-state index contributed by atoms with van der Waals surface area (Å²) in [6, 6.07) is 0.779. The van der Waals surface area contributed by atoms with E-state index in [4.69, 9.17) is 0 Å². The van der Waals surface area contributed by atoms with Gasteiger partial charge in [0.05, 0.1) is 0 Å². The molecule has 2 aliphatic rings. The highest BCUT2D eigenvalue weighted by Gasteiger charge is 2.13. The molecule has 3 heteroatoms. The lowest BCUT2D eigenvalue weighted by Gasteiger charge is -2.28. The number of rotatable bonds is 1. The van der Waals surface area contributed by atoms with E-state index >= 15 is 0 Å². The van der Waals surface area contributed by atoms with Gasteiger partial charge in [-0.3, -0.25) is 0 Å². The zero-order chi connectivity index (χ0) is 11.1. The second-order valence-electron chi connectivity index (χ2n) is 4.96. The SMILES string of the molecule is CC1CCNC1.CNC1CCN(C)CC1. The maximum Gasteiger partial charge on any atom is 0.00884 e. The summed E-state index contributed by atoms with van der Waals surface area (Å²) in [5, 5.41) is 6.57. The first-order valence-electron chi connectivity index (χ1n) is 6.29. The molecule has 0 aromatic heterocycles. The van der Waals surface area contributed by atoms with E-state index in [1.807, 2.05) is 0 Å². The molecule has 0 spiro atoms. The first-order valence-corrected chi connectivity index (χ1v) is 6.29. The largest absolute Gasteiger partial charge is 0.317 e. The molecule has 0 saturated carbocycles. The molecule has 2 rings (SSSR count). The molecule has 3 nitrogen and oxygen atoms in total. The molecule has 2 heterocycles. The van der Waals surface area contributed by atoms with Crippen LogP contribution in [-0.2, 0) is 0 Å². The molecular formula is C12H27N3. The Balaban J connectivity index is 0.000000162. The number of nitrogens with zero attached hydrogens (tertiary/aromatic N) is 1. The van der Waals surface area contributed by atoms with Crippen LogP contribution in [-0.4, -0.2) is 51.2 Å². The number of hydrogen-bond acceptors (Lipinski definition) is 3. The number of piperidine rings is 1. The molecule has 0 amide bonds. The monoisotopic (exact) mass is 213 g/mol. The summed E-state index contributed by atoms with van der Waals surface area (Å²) in [6.07, 6.45) is 4.00. The first kappa shape index (κ1) is 12.9. The van der Waals surface area contributed by atoms with Crippen molar-refractivity contribution in [3.63, 3.8) is 0 Å². The molecular weight excluding hydrogens is 186 g/mol. The highest BCUT2D eigenvalue weighted by Crippen LogP contribution is 2.06. The second-order valence-corrected chi connectivity index (χ2v) is 4.96. The fourth-order valence-electron chi connectivity index (χ4n) is 2.10. The lowest BCUT2D eigenvalue weighted by atomic mass is 10.1. The van der Waals surface area contributed by atoms with E-state index in [-0.39, 0.29) is 0 Å². The van der Waals surface area contributed by atoms with Crippen LogP contribution in [0.5, 0.6) is 0 Å². The molecule has 1 unspecified atom stereocenters. The van der Waals surface area contributed by atoms with Gasteiger partial charge in [-0.25, -0.2) is 0 Å². The highest BCUT2D eigenvalue weighted by atomic mass is 15.1. The Kier molecular flexibility index (Phi) is 6.22. The molecule has 0 bridgehead atoms. The van der Waals surface area contributed by atoms with Gasteiger partial charge in [0.25, 0.3) is 0 Å². The summed E-state index contributed by atoms with van der Waals surface area (Å²) in [7, 11) is 4.24. The third-order valence-corrected chi connectivity index (χ3v) is 3.43. The molecule has 15 heavy (non-hydrogen) atoms. The second kappa shape index (κ2) is 7.20. The van der Waals surface area contributed by atoms with Crippen LogP contribution >= 0.6 is 0 Å². The van der Waals surface area contributed by atoms with Gasteiger partial charge in [-0.15, -0.1) is 0 Å². The average molecular weight is 213 g/mol. The van der Waals surface area contributed by atoms with Crippen molar-refractivity contribution in [1.29, 1.82) is 0 Å². The fraction of sp³-hybridized carbons (Fsp3) is 1.00. The molecule has 0 aromatic rings. The van der Waals surface area contributed by atoms with Crippen LogP contribution in [0.2, 0.25) is 0 Å². The molecule has 2 N–H and O–H groups in total. The third kappa shape index (κ3) is 5.50. The van der Waals surface area contributed by atoms with E-state index in [0.717, 1.165) is 12.0 Å². The summed E-state index contributed by atoms with van der Waals surface area (Å²) in [6.45, 7) is 7.26. The molecule has 2 saturated heterocycles. The Morgan fingerprint density at radius 2 is 1.87 bits per heavy atom. The summed E-state index contributed by atoms with van der Waals surface area (Å²) < 4.78 is 0. The van der Waals surface area contributed by atoms with E-state index < -0.39 is 0 Å². The van der Waals surface area contributed by atoms with Crippen molar-refractivity contribution in [2.75, 3.05) is 40.3 Å². The highest BCUT2D eigenvalue weighted by molar-refractivity contribution is 4.73. The van der Waals surface area contributed by atoms with E-state index in [1.54, 1.807) is 0 Å². The van der Waals surface area contributed by atoms with Crippen LogP contribution in [0, 0.1) is 5.92 Å². The van der Waals surface area contributed by atoms with E-state index in [9.17, 15) is 0 Å². The molecule has 1 atom stereocenters. The van der Waals surface area contributed by atoms with E-state index in [2.05, 4.69) is 36.6 Å². The molecule has 0 aromatic carbocycles. The van der Waals surface area contributed by atoms with E-state index in [1.165, 1.54) is 45.4 Å². The lowest BCUT2D eigenvalue weighted by molar-refractivity contribution is 0.240. The zero-order valence-electron chi connectivity index (χ0n) is 10.6. The predicted molar refractivity (Wildman–Crippen MR) is 66.2 cm³/mol. The van der Waals surface area contributed by atoms with Crippen molar-refractivity contribution < 1.29 is 0 Å². The van der Waals surface area contributed by atoms with Gasteiger partial charge in [0.2, 0.25) is 0 Å². The van der Waals surface area contributed by atoms with Gasteiger partial charge in [0, 0.05) is 6.04 Å². The Hall–Kier alpha value is -0.120. The van der Waals surface area contributed by atoms with Crippen LogP contribution < -0.4 is 10.6 Å². The minimum Gasteiger partial charge on any atom is -0.317 e. The summed E-state index contributed by atoms with van der Waals surface area (Å²) >= 11 is 0. The topological polar surface area (TPSA) is 27.3 Å². The van der Waals surface area contributed by atoms with Gasteiger partial charge in [-0.1, -0.05) is 6.92 Å². The van der Waals surface area contributed by atoms with Gasteiger partial charge in [-0.05, 0) is 65.5 Å². The van der Waals surface area contributed by atoms with Gasteiger partial charge in [-0.2, -0.15) is 0 Å². The van der Waals surface area contributed by atoms with Crippen LogP contribution in [0.1, 0.15) is 26.2 Å². The Morgan fingerprint density at radius 1 is 1.20 bits per heavy atom. The summed E-state index contributed by atoms with van der Waals surface area (Å²) in [4.78, 5) is 2.38. The first-order chi connectivity index (χ1) is 7.22. The van der Waals surface area contributed by atoms with Crippen LogP contribution in [0.15, 0.2) is 0 Å². The van der Waals surface area contributed by atoms with Gasteiger partial charge < -0.3 is 15.5 Å². The zero-order valence-corrected chi connectivity index (χ0v) is 10.6. The van der Waals surface area contributed by atoms with Crippen LogP contribution in [0.25, 0.3) is 0 Å². The third-order valence-electron chi connectivity index (χ3n) is 3.43. The fourth-order valence-corrected chi connectivity index (χ4v) is 2.10. The Morgan fingerprint density at radius 3 is 2.20 bits per heavy atom. The predicted octanol–water partition coefficient (Wildman–Crippen LogP) is 0.916. The van der Waals surface area contributed by atoms with Crippen molar-refractivity contribution >= 4 is 0 Å². The quantitative estimate of drug-likeness (QED) is 0.678. The number of nitrogens with one attached hydrogen (secondary N) is 2. The van der Waals surface area contributed by atoms with Gasteiger partial charge in [0.15, 0.2) is 0 Å². The van der Waals surface area contributed by atoms with Gasteiger partial charge >= 0.3 is 0 Å². The standard InChI is InChI=1S/C7H16N2.C5H11N/c1-8-7-3-5-9(2)6-4-7;1-5-2-3-6-4-5/h7-8H,3-6H2,1-2H3;5-6H,2-4H2,1H3. The molecule has 0 aliphatic carbocycles. The van der Waals surface area contributed by atoms with Crippen molar-refractivity contribution in [1.82, 2.24) is 15.5 Å². The van der Waals surface area contributed by atoms with Gasteiger partial charge in [0.1, 0.15) is 0 Å². The lowest BCUT2D eigenvalue weighted by Crippen LogP contribution is -2.39. The number of likely N-dealkylation sites (tertiary alicyclic amines) is 1. The molecule has 90 valence electrons. The summed E-state index contributed by atoms with van der Waals surface area (Å²) in [5.74, 6) is 0.935. The number of hydrogen-bond donors (Lipinski definition) is 2. The van der Waals surface area contributed by atoms with Crippen molar-refractivity contribution in [3.05, 3.63) is 0 Å². The van der Waals surface area contributed by atoms with Crippen molar-refractivity contribution in [2.45, 2.75) is 32.2 Å². The van der Waals surface area contributed by atoms with Crippen molar-refractivity contribution in [2.24, 2.45) is 5.92 Å². The molecule has 0 radical (unpaired) electrons. The van der Waals surface area contributed by atoms with Crippen LogP contribution in [0.3, 0.4) is 0 Å². The normalized spacial score (nSPS) is 28.6. The Bertz CT molecular complexity index is 147. The maximum absolute atomic E-state index is 3.30. The smallest absolute Gasteiger partial charge is 0.00884 e. The minimum absolute atomic E-state index is 0.779.